The molecule has 0 N–H and O–H groups in total. The molecule has 1 amide bonds. The van der Waals surface area contributed by atoms with Crippen LogP contribution in [0.5, 0.6) is 11.5 Å². The number of fused-ring (bicyclic) bond motifs is 1. The number of rotatable bonds is 10. The molecule has 0 fully saturated rings. The minimum Gasteiger partial charge on any atom is -0.497 e. The summed E-state index contributed by atoms with van der Waals surface area (Å²) in [6.45, 7) is 7.32. The van der Waals surface area contributed by atoms with E-state index in [4.69, 9.17) is 26.1 Å². The molecular weight excluding hydrogens is 457 g/mol. The van der Waals surface area contributed by atoms with Gasteiger partial charge in [0.2, 0.25) is 0 Å². The Morgan fingerprint density at radius 2 is 1.74 bits per heavy atom. The van der Waals surface area contributed by atoms with Crippen molar-refractivity contribution in [1.29, 1.82) is 0 Å². The second kappa shape index (κ2) is 12.1. The Morgan fingerprint density at radius 3 is 2.39 bits per heavy atom. The third kappa shape index (κ3) is 6.71. The van der Waals surface area contributed by atoms with Crippen LogP contribution in [0.2, 0.25) is 5.02 Å². The molecule has 3 aromatic rings. The molecule has 3 rings (SSSR count). The summed E-state index contributed by atoms with van der Waals surface area (Å²) in [6, 6.07) is 12.7. The largest absolute Gasteiger partial charge is 0.497 e. The van der Waals surface area contributed by atoms with Gasteiger partial charge in [0, 0.05) is 24.2 Å². The topological polar surface area (TPSA) is 54.9 Å². The Bertz CT molecular complexity index is 978. The van der Waals surface area contributed by atoms with Gasteiger partial charge in [-0.25, -0.2) is 4.98 Å². The van der Waals surface area contributed by atoms with Crippen LogP contribution >= 0.6 is 35.3 Å². The van der Waals surface area contributed by atoms with Crippen LogP contribution in [0.15, 0.2) is 42.5 Å². The minimum atomic E-state index is -0.136. The van der Waals surface area contributed by atoms with Crippen molar-refractivity contribution in [2.75, 3.05) is 44.8 Å². The molecule has 0 spiro atoms. The molecule has 0 atom stereocenters. The Kier molecular flexibility index (Phi) is 9.84. The van der Waals surface area contributed by atoms with Crippen LogP contribution in [0.4, 0.5) is 5.13 Å². The van der Waals surface area contributed by atoms with E-state index in [1.165, 1.54) is 11.3 Å². The number of hydrogen-bond acceptors (Lipinski definition) is 6. The monoisotopic (exact) mass is 483 g/mol. The van der Waals surface area contributed by atoms with E-state index < -0.39 is 0 Å². The number of ether oxygens (including phenoxy) is 2. The number of thiazole rings is 1. The van der Waals surface area contributed by atoms with Gasteiger partial charge in [0.15, 0.2) is 11.7 Å². The number of anilines is 1. The summed E-state index contributed by atoms with van der Waals surface area (Å²) in [5, 5.41) is 1.29. The molecule has 9 heteroatoms. The highest BCUT2D eigenvalue weighted by atomic mass is 35.5. The summed E-state index contributed by atoms with van der Waals surface area (Å²) in [5.41, 5.74) is 0.814. The SMILES string of the molecule is CCN(CC)CCN(C(=O)COc1ccc(Cl)cc1)c1nc2cc(OC)ccc2s1.Cl. The molecule has 0 saturated heterocycles. The van der Waals surface area contributed by atoms with E-state index in [2.05, 4.69) is 18.7 Å². The molecule has 6 nitrogen and oxygen atoms in total. The number of nitrogens with zero attached hydrogens (tertiary/aromatic N) is 3. The van der Waals surface area contributed by atoms with E-state index >= 15 is 0 Å². The normalized spacial score (nSPS) is 10.7. The molecule has 0 bridgehead atoms. The summed E-state index contributed by atoms with van der Waals surface area (Å²) >= 11 is 7.40. The lowest BCUT2D eigenvalue weighted by atomic mass is 10.3. The molecule has 2 aromatic carbocycles. The fourth-order valence-electron chi connectivity index (χ4n) is 3.00. The van der Waals surface area contributed by atoms with Gasteiger partial charge in [-0.3, -0.25) is 9.69 Å². The zero-order valence-electron chi connectivity index (χ0n) is 17.8. The number of amides is 1. The zero-order chi connectivity index (χ0) is 21.5. The van der Waals surface area contributed by atoms with Crippen molar-refractivity contribution < 1.29 is 14.3 Å². The molecule has 0 unspecified atom stereocenters. The first-order valence-electron chi connectivity index (χ1n) is 9.89. The number of aromatic nitrogens is 1. The number of carbonyl (C=O) groups excluding carboxylic acids is 1. The lowest BCUT2D eigenvalue weighted by Crippen LogP contribution is -2.41. The fraction of sp³-hybridized carbons (Fsp3) is 0.364. The van der Waals surface area contributed by atoms with Crippen molar-refractivity contribution in [3.8, 4) is 11.5 Å². The molecule has 0 radical (unpaired) electrons. The Balaban J connectivity index is 0.00000341. The third-order valence-electron chi connectivity index (χ3n) is 4.83. The van der Waals surface area contributed by atoms with Gasteiger partial charge in [-0.05, 0) is 49.5 Å². The van der Waals surface area contributed by atoms with Gasteiger partial charge in [0.05, 0.1) is 17.3 Å². The van der Waals surface area contributed by atoms with E-state index in [9.17, 15) is 4.79 Å². The lowest BCUT2D eigenvalue weighted by molar-refractivity contribution is -0.120. The first kappa shape index (κ1) is 25.2. The summed E-state index contributed by atoms with van der Waals surface area (Å²) in [5.74, 6) is 1.21. The fourth-order valence-corrected chi connectivity index (χ4v) is 4.11. The molecule has 0 aliphatic heterocycles. The average Bonchev–Trinajstić information content (AvgIpc) is 3.19. The van der Waals surface area contributed by atoms with E-state index in [1.807, 2.05) is 18.2 Å². The molecule has 1 heterocycles. The highest BCUT2D eigenvalue weighted by Gasteiger charge is 2.21. The van der Waals surface area contributed by atoms with Crippen LogP contribution in [0.25, 0.3) is 10.2 Å². The molecular formula is C22H27Cl2N3O3S. The predicted molar refractivity (Wildman–Crippen MR) is 131 cm³/mol. The highest BCUT2D eigenvalue weighted by molar-refractivity contribution is 7.22. The van der Waals surface area contributed by atoms with E-state index in [0.29, 0.717) is 22.4 Å². The van der Waals surface area contributed by atoms with E-state index in [0.717, 1.165) is 35.6 Å². The molecule has 168 valence electrons. The van der Waals surface area contributed by atoms with Crippen molar-refractivity contribution >= 4 is 56.6 Å². The second-order valence-corrected chi connectivity index (χ2v) is 8.09. The van der Waals surface area contributed by atoms with Gasteiger partial charge in [0.25, 0.3) is 5.91 Å². The summed E-state index contributed by atoms with van der Waals surface area (Å²) in [6.07, 6.45) is 0. The van der Waals surface area contributed by atoms with Crippen LogP contribution in [0, 0.1) is 0 Å². The number of likely N-dealkylation sites (N-methyl/N-ethyl adjacent to an activating group) is 1. The molecule has 1 aromatic heterocycles. The third-order valence-corrected chi connectivity index (χ3v) is 6.14. The van der Waals surface area contributed by atoms with Gasteiger partial charge in [-0.1, -0.05) is 36.8 Å². The maximum absolute atomic E-state index is 13.1. The van der Waals surface area contributed by atoms with E-state index in [-0.39, 0.29) is 24.9 Å². The second-order valence-electron chi connectivity index (χ2n) is 6.64. The Morgan fingerprint density at radius 1 is 1.06 bits per heavy atom. The van der Waals surface area contributed by atoms with Crippen LogP contribution in [-0.2, 0) is 4.79 Å². The maximum Gasteiger partial charge on any atom is 0.266 e. The minimum absolute atomic E-state index is 0. The van der Waals surface area contributed by atoms with Crippen molar-refractivity contribution in [2.24, 2.45) is 0 Å². The van der Waals surface area contributed by atoms with Gasteiger partial charge >= 0.3 is 0 Å². The average molecular weight is 484 g/mol. The van der Waals surface area contributed by atoms with Gasteiger partial charge < -0.3 is 14.4 Å². The smallest absolute Gasteiger partial charge is 0.266 e. The summed E-state index contributed by atoms with van der Waals surface area (Å²) in [7, 11) is 1.63. The molecule has 0 aliphatic carbocycles. The zero-order valence-corrected chi connectivity index (χ0v) is 20.2. The maximum atomic E-state index is 13.1. The highest BCUT2D eigenvalue weighted by Crippen LogP contribution is 2.31. The van der Waals surface area contributed by atoms with Crippen LogP contribution in [0.1, 0.15) is 13.8 Å². The quantitative estimate of drug-likeness (QED) is 0.399. The van der Waals surface area contributed by atoms with Crippen LogP contribution in [0.3, 0.4) is 0 Å². The first-order valence-corrected chi connectivity index (χ1v) is 11.1. The van der Waals surface area contributed by atoms with Crippen LogP contribution < -0.4 is 14.4 Å². The number of methoxy groups -OCH3 is 1. The lowest BCUT2D eigenvalue weighted by Gasteiger charge is -2.24. The van der Waals surface area contributed by atoms with Crippen molar-refractivity contribution in [3.63, 3.8) is 0 Å². The van der Waals surface area contributed by atoms with Crippen molar-refractivity contribution in [2.45, 2.75) is 13.8 Å². The van der Waals surface area contributed by atoms with Crippen LogP contribution in [-0.4, -0.2) is 55.7 Å². The Labute approximate surface area is 198 Å². The van der Waals surface area contributed by atoms with Crippen molar-refractivity contribution in [1.82, 2.24) is 9.88 Å². The number of halogens is 2. The molecule has 0 saturated carbocycles. The van der Waals surface area contributed by atoms with Gasteiger partial charge in [0.1, 0.15) is 11.5 Å². The first-order chi connectivity index (χ1) is 14.5. The number of benzene rings is 2. The predicted octanol–water partition coefficient (Wildman–Crippen LogP) is 5.13. The Hall–Kier alpha value is -2.06. The van der Waals surface area contributed by atoms with E-state index in [1.54, 1.807) is 36.3 Å². The van der Waals surface area contributed by atoms with Gasteiger partial charge in [-0.15, -0.1) is 12.4 Å². The molecule has 31 heavy (non-hydrogen) atoms. The van der Waals surface area contributed by atoms with Gasteiger partial charge in [-0.2, -0.15) is 0 Å². The summed E-state index contributed by atoms with van der Waals surface area (Å²) < 4.78 is 12.0. The van der Waals surface area contributed by atoms with Crippen molar-refractivity contribution in [3.05, 3.63) is 47.5 Å². The number of carbonyl (C=O) groups is 1. The standard InChI is InChI=1S/C22H26ClN3O3S.ClH/c1-4-25(5-2)12-13-26(21(27)15-29-17-8-6-16(23)7-9-17)22-24-19-14-18(28-3)10-11-20(19)30-22;/h6-11,14H,4-5,12-13,15H2,1-3H3;1H. The summed E-state index contributed by atoms with van der Waals surface area (Å²) in [4.78, 5) is 21.8. The number of hydrogen-bond donors (Lipinski definition) is 0. The molecule has 0 aliphatic rings.